The highest BCUT2D eigenvalue weighted by Crippen LogP contribution is 2.44. The van der Waals surface area contributed by atoms with Gasteiger partial charge in [0.15, 0.2) is 0 Å². The molecular weight excluding hydrogens is 388 g/mol. The third kappa shape index (κ3) is 4.31. The highest BCUT2D eigenvalue weighted by Gasteiger charge is 2.35. The molecule has 0 fully saturated rings. The summed E-state index contributed by atoms with van der Waals surface area (Å²) in [7, 11) is 0. The van der Waals surface area contributed by atoms with Gasteiger partial charge in [0.1, 0.15) is 11.5 Å². The summed E-state index contributed by atoms with van der Waals surface area (Å²) in [6.07, 6.45) is 0.760. The maximum absolute atomic E-state index is 13.8. The summed E-state index contributed by atoms with van der Waals surface area (Å²) < 4.78 is 6.02. The lowest BCUT2D eigenvalue weighted by molar-refractivity contribution is -0.135. The fourth-order valence-electron chi connectivity index (χ4n) is 3.97. The number of aryl methyl sites for hydroxylation is 1. The van der Waals surface area contributed by atoms with E-state index < -0.39 is 5.92 Å². The lowest BCUT2D eigenvalue weighted by Crippen LogP contribution is -2.42. The molecular formula is C26H26N2O3. The highest BCUT2D eigenvalue weighted by molar-refractivity contribution is 5.97. The van der Waals surface area contributed by atoms with E-state index in [1.165, 1.54) is 0 Å². The molecule has 5 heteroatoms. The zero-order valence-electron chi connectivity index (χ0n) is 17.8. The third-order valence-corrected chi connectivity index (χ3v) is 5.49. The molecule has 1 heterocycles. The van der Waals surface area contributed by atoms with Crippen molar-refractivity contribution < 1.29 is 14.3 Å². The summed E-state index contributed by atoms with van der Waals surface area (Å²) in [4.78, 5) is 28.2. The number of amides is 2. The van der Waals surface area contributed by atoms with Gasteiger partial charge < -0.3 is 15.0 Å². The molecule has 0 atom stereocenters. The maximum atomic E-state index is 13.8. The number of benzene rings is 3. The third-order valence-electron chi connectivity index (χ3n) is 5.49. The maximum Gasteiger partial charge on any atom is 0.244 e. The van der Waals surface area contributed by atoms with Crippen LogP contribution in [0.15, 0.2) is 72.8 Å². The summed E-state index contributed by atoms with van der Waals surface area (Å²) in [6, 6.07) is 22.8. The number of hydrogen-bond donors (Lipinski definition) is 1. The number of carbonyl (C=O) groups is 2. The highest BCUT2D eigenvalue weighted by atomic mass is 16.5. The van der Waals surface area contributed by atoms with Crippen LogP contribution in [0.1, 0.15) is 36.0 Å². The lowest BCUT2D eigenvalue weighted by Gasteiger charge is -2.31. The van der Waals surface area contributed by atoms with Gasteiger partial charge in [0.25, 0.3) is 0 Å². The Kier molecular flexibility index (Phi) is 6.03. The van der Waals surface area contributed by atoms with Crippen LogP contribution in [0.4, 0.5) is 5.69 Å². The summed E-state index contributed by atoms with van der Waals surface area (Å²) in [5, 5.41) is 2.94. The Hall–Kier alpha value is -3.60. The van der Waals surface area contributed by atoms with Crippen molar-refractivity contribution in [2.24, 2.45) is 0 Å². The molecule has 0 radical (unpaired) electrons. The Morgan fingerprint density at radius 3 is 2.10 bits per heavy atom. The summed E-state index contributed by atoms with van der Waals surface area (Å²) in [6.45, 7) is 4.45. The Balaban J connectivity index is 1.62. The van der Waals surface area contributed by atoms with E-state index in [0.29, 0.717) is 18.0 Å². The van der Waals surface area contributed by atoms with Crippen molar-refractivity contribution in [2.75, 3.05) is 18.4 Å². The van der Waals surface area contributed by atoms with Crippen molar-refractivity contribution >= 4 is 17.5 Å². The number of para-hydroxylation sites is 3. The van der Waals surface area contributed by atoms with E-state index in [2.05, 4.69) is 5.32 Å². The fraction of sp³-hybridized carbons (Fsp3) is 0.231. The SMILES string of the molecule is CCCN(CC(=O)Nc1ccccc1C)C(=O)C1c2ccccc2Oc2ccccc21. The number of rotatable bonds is 6. The molecule has 1 N–H and O–H groups in total. The molecule has 4 rings (SSSR count). The van der Waals surface area contributed by atoms with Crippen molar-refractivity contribution in [3.8, 4) is 11.5 Å². The largest absolute Gasteiger partial charge is 0.457 e. The van der Waals surface area contributed by atoms with E-state index in [-0.39, 0.29) is 18.4 Å². The predicted octanol–water partition coefficient (Wildman–Crippen LogP) is 5.11. The average Bonchev–Trinajstić information content (AvgIpc) is 2.78. The van der Waals surface area contributed by atoms with Crippen molar-refractivity contribution in [1.82, 2.24) is 4.90 Å². The van der Waals surface area contributed by atoms with Crippen LogP contribution in [0.2, 0.25) is 0 Å². The standard InChI is InChI=1S/C26H26N2O3/c1-3-16-28(17-24(29)27-21-13-7-4-10-18(21)2)26(30)25-19-11-5-8-14-22(19)31-23-15-9-6-12-20(23)25/h4-15,25H,3,16-17H2,1-2H3,(H,27,29). The van der Waals surface area contributed by atoms with E-state index in [0.717, 1.165) is 28.8 Å². The second kappa shape index (κ2) is 9.04. The molecule has 31 heavy (non-hydrogen) atoms. The van der Waals surface area contributed by atoms with Gasteiger partial charge in [-0.25, -0.2) is 0 Å². The van der Waals surface area contributed by atoms with E-state index in [9.17, 15) is 9.59 Å². The molecule has 158 valence electrons. The molecule has 0 spiro atoms. The minimum atomic E-state index is -0.501. The van der Waals surface area contributed by atoms with Gasteiger partial charge in [-0.1, -0.05) is 61.5 Å². The van der Waals surface area contributed by atoms with Gasteiger partial charge in [0.2, 0.25) is 11.8 Å². The van der Waals surface area contributed by atoms with E-state index in [1.807, 2.05) is 86.6 Å². The van der Waals surface area contributed by atoms with E-state index in [1.54, 1.807) is 4.90 Å². The van der Waals surface area contributed by atoms with Crippen molar-refractivity contribution in [3.05, 3.63) is 89.5 Å². The molecule has 0 saturated heterocycles. The molecule has 0 aromatic heterocycles. The molecule has 5 nitrogen and oxygen atoms in total. The van der Waals surface area contributed by atoms with Crippen molar-refractivity contribution in [3.63, 3.8) is 0 Å². The molecule has 0 unspecified atom stereocenters. The Bertz CT molecular complexity index is 1060. The van der Waals surface area contributed by atoms with Crippen LogP contribution >= 0.6 is 0 Å². The predicted molar refractivity (Wildman–Crippen MR) is 121 cm³/mol. The minimum absolute atomic E-state index is 0.00268. The van der Waals surface area contributed by atoms with Crippen LogP contribution in [0.25, 0.3) is 0 Å². The lowest BCUT2D eigenvalue weighted by atomic mass is 9.86. The van der Waals surface area contributed by atoms with Gasteiger partial charge in [0, 0.05) is 23.4 Å². The van der Waals surface area contributed by atoms with E-state index >= 15 is 0 Å². The van der Waals surface area contributed by atoms with Crippen LogP contribution in [-0.2, 0) is 9.59 Å². The molecule has 0 aliphatic carbocycles. The smallest absolute Gasteiger partial charge is 0.244 e. The number of hydrogen-bond acceptors (Lipinski definition) is 3. The average molecular weight is 415 g/mol. The number of nitrogens with one attached hydrogen (secondary N) is 1. The number of ether oxygens (including phenoxy) is 1. The molecule has 0 saturated carbocycles. The molecule has 3 aromatic rings. The first-order chi connectivity index (χ1) is 15.1. The summed E-state index contributed by atoms with van der Waals surface area (Å²) in [5.74, 6) is 0.564. The normalized spacial score (nSPS) is 12.3. The number of carbonyl (C=O) groups excluding carboxylic acids is 2. The van der Waals surface area contributed by atoms with Crippen molar-refractivity contribution in [1.29, 1.82) is 0 Å². The van der Waals surface area contributed by atoms with Crippen LogP contribution < -0.4 is 10.1 Å². The first-order valence-corrected chi connectivity index (χ1v) is 10.6. The molecule has 1 aliphatic heterocycles. The number of anilines is 1. The topological polar surface area (TPSA) is 58.6 Å². The zero-order chi connectivity index (χ0) is 21.8. The van der Waals surface area contributed by atoms with Crippen LogP contribution in [0.5, 0.6) is 11.5 Å². The monoisotopic (exact) mass is 414 g/mol. The molecule has 2 amide bonds. The summed E-state index contributed by atoms with van der Waals surface area (Å²) in [5.41, 5.74) is 3.40. The Labute approximate surface area is 182 Å². The summed E-state index contributed by atoms with van der Waals surface area (Å²) >= 11 is 0. The molecule has 3 aromatic carbocycles. The Morgan fingerprint density at radius 1 is 0.903 bits per heavy atom. The van der Waals surface area contributed by atoms with Gasteiger partial charge >= 0.3 is 0 Å². The van der Waals surface area contributed by atoms with Crippen LogP contribution in [-0.4, -0.2) is 29.8 Å². The first kappa shape index (κ1) is 20.7. The minimum Gasteiger partial charge on any atom is -0.457 e. The molecule has 0 bridgehead atoms. The van der Waals surface area contributed by atoms with Gasteiger partial charge in [-0.05, 0) is 37.1 Å². The van der Waals surface area contributed by atoms with Gasteiger partial charge in [-0.3, -0.25) is 9.59 Å². The zero-order valence-corrected chi connectivity index (χ0v) is 17.8. The van der Waals surface area contributed by atoms with Crippen LogP contribution in [0, 0.1) is 6.92 Å². The van der Waals surface area contributed by atoms with Crippen molar-refractivity contribution in [2.45, 2.75) is 26.2 Å². The first-order valence-electron chi connectivity index (χ1n) is 10.6. The van der Waals surface area contributed by atoms with Gasteiger partial charge in [-0.15, -0.1) is 0 Å². The fourth-order valence-corrected chi connectivity index (χ4v) is 3.97. The quantitative estimate of drug-likeness (QED) is 0.610. The van der Waals surface area contributed by atoms with Gasteiger partial charge in [0.05, 0.1) is 12.5 Å². The number of nitrogens with zero attached hydrogens (tertiary/aromatic N) is 1. The Morgan fingerprint density at radius 2 is 1.48 bits per heavy atom. The molecule has 1 aliphatic rings. The van der Waals surface area contributed by atoms with E-state index in [4.69, 9.17) is 4.74 Å². The van der Waals surface area contributed by atoms with Crippen LogP contribution in [0.3, 0.4) is 0 Å². The van der Waals surface area contributed by atoms with Gasteiger partial charge in [-0.2, -0.15) is 0 Å². The second-order valence-electron chi connectivity index (χ2n) is 7.73. The second-order valence-corrected chi connectivity index (χ2v) is 7.73. The number of fused-ring (bicyclic) bond motifs is 2.